The van der Waals surface area contributed by atoms with Gasteiger partial charge in [-0.2, -0.15) is 0 Å². The average Bonchev–Trinajstić information content (AvgIpc) is 2.58. The van der Waals surface area contributed by atoms with Gasteiger partial charge in [0.2, 0.25) is 0 Å². The van der Waals surface area contributed by atoms with Gasteiger partial charge in [0.05, 0.1) is 7.11 Å². The molecule has 0 fully saturated rings. The van der Waals surface area contributed by atoms with E-state index in [-0.39, 0.29) is 0 Å². The van der Waals surface area contributed by atoms with Gasteiger partial charge >= 0.3 is 0 Å². The second-order valence-corrected chi connectivity index (χ2v) is 6.63. The van der Waals surface area contributed by atoms with Gasteiger partial charge in [0, 0.05) is 28.8 Å². The molecule has 0 aromatic heterocycles. The van der Waals surface area contributed by atoms with Crippen LogP contribution in [0.1, 0.15) is 17.0 Å². The van der Waals surface area contributed by atoms with Gasteiger partial charge in [-0.3, -0.25) is 0 Å². The molecule has 0 bridgehead atoms. The highest BCUT2D eigenvalue weighted by molar-refractivity contribution is 7.99. The average molecular weight is 311 g/mol. The van der Waals surface area contributed by atoms with Gasteiger partial charge in [0.15, 0.2) is 0 Å². The third kappa shape index (κ3) is 3.54. The van der Waals surface area contributed by atoms with E-state index in [9.17, 15) is 0 Å². The van der Waals surface area contributed by atoms with Crippen molar-refractivity contribution in [2.24, 2.45) is 0 Å². The van der Waals surface area contributed by atoms with Crippen molar-refractivity contribution in [3.8, 4) is 5.75 Å². The maximum absolute atomic E-state index is 5.23. The van der Waals surface area contributed by atoms with Crippen molar-refractivity contribution in [3.05, 3.63) is 65.7 Å². The zero-order valence-corrected chi connectivity index (χ0v) is 13.8. The first-order valence-corrected chi connectivity index (χ1v) is 8.38. The molecule has 2 aromatic rings. The van der Waals surface area contributed by atoms with E-state index in [1.807, 2.05) is 23.9 Å². The summed E-state index contributed by atoms with van der Waals surface area (Å²) in [4.78, 5) is 2.56. The van der Waals surface area contributed by atoms with Crippen LogP contribution in [-0.4, -0.2) is 20.2 Å². The van der Waals surface area contributed by atoms with Crippen molar-refractivity contribution in [1.82, 2.24) is 5.32 Å². The third-order valence-electron chi connectivity index (χ3n) is 3.85. The number of hydrogen-bond acceptors (Lipinski definition) is 3. The van der Waals surface area contributed by atoms with Gasteiger partial charge in [0.1, 0.15) is 5.75 Å². The fourth-order valence-electron chi connectivity index (χ4n) is 2.66. The highest BCUT2D eigenvalue weighted by Gasteiger charge is 2.15. The van der Waals surface area contributed by atoms with E-state index < -0.39 is 0 Å². The summed E-state index contributed by atoms with van der Waals surface area (Å²) in [6.07, 6.45) is 4.54. The molecule has 1 atom stereocenters. The molecule has 0 aliphatic carbocycles. The minimum atomic E-state index is 0.453. The number of benzene rings is 2. The number of aryl methyl sites for hydroxylation is 1. The molecule has 22 heavy (non-hydrogen) atoms. The van der Waals surface area contributed by atoms with Crippen LogP contribution in [0, 0.1) is 6.92 Å². The Morgan fingerprint density at radius 3 is 2.64 bits per heavy atom. The third-order valence-corrected chi connectivity index (χ3v) is 4.95. The molecule has 0 amide bonds. The molecule has 0 radical (unpaired) electrons. The van der Waals surface area contributed by atoms with Crippen LogP contribution in [0.25, 0.3) is 0 Å². The predicted octanol–water partition coefficient (Wildman–Crippen LogP) is 4.40. The lowest BCUT2D eigenvalue weighted by Crippen LogP contribution is -2.24. The van der Waals surface area contributed by atoms with E-state index in [0.29, 0.717) is 5.92 Å². The fourth-order valence-corrected chi connectivity index (χ4v) is 3.65. The van der Waals surface area contributed by atoms with Gasteiger partial charge in [-0.15, -0.1) is 0 Å². The lowest BCUT2D eigenvalue weighted by atomic mass is 9.95. The quantitative estimate of drug-likeness (QED) is 0.846. The monoisotopic (exact) mass is 311 g/mol. The first kappa shape index (κ1) is 15.2. The molecule has 1 unspecified atom stereocenters. The van der Waals surface area contributed by atoms with E-state index >= 15 is 0 Å². The van der Waals surface area contributed by atoms with Crippen LogP contribution in [0.5, 0.6) is 5.75 Å². The molecule has 2 aromatic carbocycles. The lowest BCUT2D eigenvalue weighted by Gasteiger charge is -2.21. The Labute approximate surface area is 136 Å². The van der Waals surface area contributed by atoms with Crippen LogP contribution in [0.15, 0.2) is 64.4 Å². The van der Waals surface area contributed by atoms with Crippen molar-refractivity contribution in [2.45, 2.75) is 22.6 Å². The van der Waals surface area contributed by atoms with Gasteiger partial charge < -0.3 is 10.1 Å². The minimum Gasteiger partial charge on any atom is -0.497 e. The Bertz CT molecular complexity index is 664. The molecule has 1 aliphatic rings. The molecule has 0 saturated carbocycles. The predicted molar refractivity (Wildman–Crippen MR) is 93.0 cm³/mol. The van der Waals surface area contributed by atoms with Crippen LogP contribution in [0.3, 0.4) is 0 Å². The summed E-state index contributed by atoms with van der Waals surface area (Å²) in [5.41, 5.74) is 2.72. The maximum Gasteiger partial charge on any atom is 0.118 e. The van der Waals surface area contributed by atoms with E-state index in [1.165, 1.54) is 20.9 Å². The Morgan fingerprint density at radius 2 is 1.95 bits per heavy atom. The first-order valence-electron chi connectivity index (χ1n) is 7.56. The zero-order valence-electron chi connectivity index (χ0n) is 13.0. The van der Waals surface area contributed by atoms with E-state index in [4.69, 9.17) is 4.74 Å². The SMILES string of the molecule is COc1ccc(Sc2ccc(C)cc2C2C=CCNC2)cc1. The van der Waals surface area contributed by atoms with Crippen LogP contribution in [0.2, 0.25) is 0 Å². The fraction of sp³-hybridized carbons (Fsp3) is 0.263. The lowest BCUT2D eigenvalue weighted by molar-refractivity contribution is 0.414. The zero-order chi connectivity index (χ0) is 15.4. The molecule has 1 N–H and O–H groups in total. The van der Waals surface area contributed by atoms with Gasteiger partial charge in [-0.25, -0.2) is 0 Å². The number of methoxy groups -OCH3 is 1. The summed E-state index contributed by atoms with van der Waals surface area (Å²) < 4.78 is 5.23. The minimum absolute atomic E-state index is 0.453. The van der Waals surface area contributed by atoms with Crippen molar-refractivity contribution < 1.29 is 4.74 Å². The maximum atomic E-state index is 5.23. The van der Waals surface area contributed by atoms with Gasteiger partial charge in [0.25, 0.3) is 0 Å². The standard InChI is InChI=1S/C19H21NOS/c1-14-5-10-19(18(12-14)15-4-3-11-20-13-15)22-17-8-6-16(21-2)7-9-17/h3-10,12,15,20H,11,13H2,1-2H3. The van der Waals surface area contributed by atoms with E-state index in [0.717, 1.165) is 18.8 Å². The van der Waals surface area contributed by atoms with E-state index in [2.05, 4.69) is 54.7 Å². The van der Waals surface area contributed by atoms with E-state index in [1.54, 1.807) is 7.11 Å². The topological polar surface area (TPSA) is 21.3 Å². The number of ether oxygens (including phenoxy) is 1. The van der Waals surface area contributed by atoms with Crippen molar-refractivity contribution in [1.29, 1.82) is 0 Å². The molecular weight excluding hydrogens is 290 g/mol. The molecule has 0 spiro atoms. The highest BCUT2D eigenvalue weighted by atomic mass is 32.2. The van der Waals surface area contributed by atoms with Crippen LogP contribution in [-0.2, 0) is 0 Å². The molecule has 1 heterocycles. The summed E-state index contributed by atoms with van der Waals surface area (Å²) in [5, 5.41) is 3.45. The Morgan fingerprint density at radius 1 is 1.14 bits per heavy atom. The van der Waals surface area contributed by atoms with Crippen molar-refractivity contribution in [2.75, 3.05) is 20.2 Å². The van der Waals surface area contributed by atoms with Gasteiger partial charge in [-0.1, -0.05) is 41.6 Å². The normalized spacial score (nSPS) is 17.5. The highest BCUT2D eigenvalue weighted by Crippen LogP contribution is 2.36. The Balaban J connectivity index is 1.88. The first-order chi connectivity index (χ1) is 10.8. The molecule has 2 nitrogen and oxygen atoms in total. The number of hydrogen-bond donors (Lipinski definition) is 1. The van der Waals surface area contributed by atoms with Gasteiger partial charge in [-0.05, 0) is 42.8 Å². The van der Waals surface area contributed by atoms with Crippen LogP contribution < -0.4 is 10.1 Å². The molecule has 114 valence electrons. The van der Waals surface area contributed by atoms with Crippen LogP contribution >= 0.6 is 11.8 Å². The molecule has 1 aliphatic heterocycles. The molecule has 3 rings (SSSR count). The molecular formula is C19H21NOS. The second kappa shape index (κ2) is 7.03. The smallest absolute Gasteiger partial charge is 0.118 e. The molecule has 0 saturated heterocycles. The summed E-state index contributed by atoms with van der Waals surface area (Å²) in [6.45, 7) is 4.14. The Kier molecular flexibility index (Phi) is 4.86. The largest absolute Gasteiger partial charge is 0.497 e. The second-order valence-electron chi connectivity index (χ2n) is 5.51. The summed E-state index contributed by atoms with van der Waals surface area (Å²) in [7, 11) is 1.70. The Hall–Kier alpha value is -1.71. The number of nitrogens with one attached hydrogen (secondary N) is 1. The summed E-state index contributed by atoms with van der Waals surface area (Å²) >= 11 is 1.82. The van der Waals surface area contributed by atoms with Crippen molar-refractivity contribution >= 4 is 11.8 Å². The van der Waals surface area contributed by atoms with Crippen LogP contribution in [0.4, 0.5) is 0 Å². The summed E-state index contributed by atoms with van der Waals surface area (Å²) in [5.74, 6) is 1.35. The number of rotatable bonds is 4. The molecule has 3 heteroatoms. The summed E-state index contributed by atoms with van der Waals surface area (Å²) in [6, 6.07) is 15.0. The van der Waals surface area contributed by atoms with Crippen molar-refractivity contribution in [3.63, 3.8) is 0 Å².